The van der Waals surface area contributed by atoms with E-state index >= 15 is 0 Å². The van der Waals surface area contributed by atoms with Gasteiger partial charge in [0.05, 0.1) is 18.3 Å². The minimum Gasteiger partial charge on any atom is -0.477 e. The highest BCUT2D eigenvalue weighted by Crippen LogP contribution is 2.30. The van der Waals surface area contributed by atoms with E-state index in [2.05, 4.69) is 34.6 Å². The molecule has 0 spiro atoms. The number of benzene rings is 1. The van der Waals surface area contributed by atoms with Crippen molar-refractivity contribution in [2.75, 3.05) is 13.2 Å². The average Bonchev–Trinajstić information content (AvgIpc) is 3.21. The van der Waals surface area contributed by atoms with Crippen molar-refractivity contribution in [1.82, 2.24) is 24.9 Å². The van der Waals surface area contributed by atoms with E-state index in [0.29, 0.717) is 25.6 Å². The predicted octanol–water partition coefficient (Wildman–Crippen LogP) is 2.80. The second-order valence-electron chi connectivity index (χ2n) is 6.38. The number of carbonyl (C=O) groups excluding carboxylic acids is 1. The molecule has 0 saturated carbocycles. The third-order valence-corrected chi connectivity index (χ3v) is 4.90. The Hall–Kier alpha value is -2.54. The fourth-order valence-corrected chi connectivity index (χ4v) is 3.46. The molecule has 4 rings (SSSR count). The minimum atomic E-state index is -0.276. The largest absolute Gasteiger partial charge is 0.477 e. The molecular formula is C18H20ClN5O2. The van der Waals surface area contributed by atoms with Crippen LogP contribution >= 0.6 is 11.6 Å². The van der Waals surface area contributed by atoms with Crippen molar-refractivity contribution in [3.8, 4) is 5.88 Å². The monoisotopic (exact) mass is 373 g/mol. The average molecular weight is 374 g/mol. The first kappa shape index (κ1) is 16.9. The lowest BCUT2D eigenvalue weighted by molar-refractivity contribution is 0.0947. The summed E-state index contributed by atoms with van der Waals surface area (Å²) in [7, 11) is 0. The Balaban J connectivity index is 1.35. The number of nitrogens with zero attached hydrogens (tertiary/aromatic N) is 4. The van der Waals surface area contributed by atoms with Crippen LogP contribution in [0.25, 0.3) is 10.9 Å². The number of hydrogen-bond acceptors (Lipinski definition) is 4. The van der Waals surface area contributed by atoms with Crippen molar-refractivity contribution >= 4 is 28.4 Å². The van der Waals surface area contributed by atoms with E-state index in [1.165, 1.54) is 5.56 Å². The summed E-state index contributed by atoms with van der Waals surface area (Å²) in [5.41, 5.74) is 2.55. The Kier molecular flexibility index (Phi) is 4.55. The van der Waals surface area contributed by atoms with Gasteiger partial charge in [0.1, 0.15) is 5.02 Å². The van der Waals surface area contributed by atoms with Crippen LogP contribution in [0.3, 0.4) is 0 Å². The molecule has 1 amide bonds. The molecule has 0 bridgehead atoms. The van der Waals surface area contributed by atoms with Crippen LogP contribution in [0.1, 0.15) is 28.9 Å². The Morgan fingerprint density at radius 2 is 2.31 bits per heavy atom. The Labute approximate surface area is 155 Å². The summed E-state index contributed by atoms with van der Waals surface area (Å²) in [6.45, 7) is 4.64. The molecule has 3 aromatic rings. The highest BCUT2D eigenvalue weighted by Gasteiger charge is 2.24. The number of aromatic nitrogens is 4. The van der Waals surface area contributed by atoms with Crippen molar-refractivity contribution < 1.29 is 9.53 Å². The zero-order valence-electron chi connectivity index (χ0n) is 14.5. The smallest absolute Gasteiger partial charge is 0.273 e. The van der Waals surface area contributed by atoms with Gasteiger partial charge >= 0.3 is 0 Å². The number of hydrogen-bond donors (Lipinski definition) is 1. The molecule has 0 aliphatic carbocycles. The molecule has 7 nitrogen and oxygen atoms in total. The molecule has 0 atom stereocenters. The van der Waals surface area contributed by atoms with Gasteiger partial charge in [0.2, 0.25) is 5.88 Å². The molecule has 1 aliphatic rings. The molecule has 8 heteroatoms. The highest BCUT2D eigenvalue weighted by molar-refractivity contribution is 6.34. The van der Waals surface area contributed by atoms with E-state index < -0.39 is 0 Å². The van der Waals surface area contributed by atoms with Crippen molar-refractivity contribution in [2.45, 2.75) is 32.9 Å². The third-order valence-electron chi connectivity index (χ3n) is 4.56. The molecule has 0 fully saturated rings. The summed E-state index contributed by atoms with van der Waals surface area (Å²) in [6, 6.07) is 6.16. The van der Waals surface area contributed by atoms with Gasteiger partial charge in [0.25, 0.3) is 5.91 Å². The van der Waals surface area contributed by atoms with Crippen LogP contribution in [0, 0.1) is 6.92 Å². The summed E-state index contributed by atoms with van der Waals surface area (Å²) < 4.78 is 9.10. The lowest BCUT2D eigenvalue weighted by Gasteiger charge is -2.14. The molecule has 3 heterocycles. The molecule has 26 heavy (non-hydrogen) atoms. The van der Waals surface area contributed by atoms with Crippen molar-refractivity contribution in [3.05, 3.63) is 40.7 Å². The zero-order chi connectivity index (χ0) is 18.1. The SMILES string of the molecule is Cc1cccc2c1cnn2CCCNC(=O)c1nn2c(c1Cl)OCCC2. The quantitative estimate of drug-likeness (QED) is 0.698. The Morgan fingerprint density at radius 3 is 3.15 bits per heavy atom. The van der Waals surface area contributed by atoms with Crippen molar-refractivity contribution in [2.24, 2.45) is 0 Å². The van der Waals surface area contributed by atoms with Gasteiger partial charge in [-0.15, -0.1) is 0 Å². The van der Waals surface area contributed by atoms with E-state index in [-0.39, 0.29) is 16.6 Å². The van der Waals surface area contributed by atoms with Gasteiger partial charge in [-0.2, -0.15) is 10.2 Å². The lowest BCUT2D eigenvalue weighted by Crippen LogP contribution is -2.26. The lowest BCUT2D eigenvalue weighted by atomic mass is 10.1. The van der Waals surface area contributed by atoms with Gasteiger partial charge in [-0.1, -0.05) is 23.7 Å². The van der Waals surface area contributed by atoms with Crippen molar-refractivity contribution in [1.29, 1.82) is 0 Å². The van der Waals surface area contributed by atoms with E-state index in [1.54, 1.807) is 4.68 Å². The molecule has 1 aromatic carbocycles. The molecule has 0 radical (unpaired) electrons. The van der Waals surface area contributed by atoms with E-state index in [9.17, 15) is 4.79 Å². The number of rotatable bonds is 5. The van der Waals surface area contributed by atoms with E-state index in [4.69, 9.17) is 16.3 Å². The minimum absolute atomic E-state index is 0.226. The molecule has 1 aliphatic heterocycles. The van der Waals surface area contributed by atoms with Crippen molar-refractivity contribution in [3.63, 3.8) is 0 Å². The summed E-state index contributed by atoms with van der Waals surface area (Å²) in [5, 5.41) is 13.0. The molecular weight excluding hydrogens is 354 g/mol. The van der Waals surface area contributed by atoms with E-state index in [1.807, 2.05) is 16.9 Å². The third kappa shape index (κ3) is 3.03. The number of ether oxygens (including phenoxy) is 1. The van der Waals surface area contributed by atoms with E-state index in [0.717, 1.165) is 30.3 Å². The van der Waals surface area contributed by atoms with Crippen LogP contribution in [0.2, 0.25) is 5.02 Å². The number of halogens is 1. The topological polar surface area (TPSA) is 74.0 Å². The Morgan fingerprint density at radius 1 is 1.42 bits per heavy atom. The molecule has 0 unspecified atom stereocenters. The maximum absolute atomic E-state index is 12.4. The standard InChI is InChI=1S/C18H20ClN5O2/c1-12-5-2-6-14-13(12)11-21-23(14)8-3-7-20-17(25)16-15(19)18-24(22-16)9-4-10-26-18/h2,5-6,11H,3-4,7-10H2,1H3,(H,20,25). The number of amides is 1. The van der Waals surface area contributed by atoms with Crippen LogP contribution < -0.4 is 10.1 Å². The second kappa shape index (κ2) is 6.99. The number of carbonyl (C=O) groups is 1. The first-order valence-corrected chi connectivity index (χ1v) is 9.11. The molecule has 0 saturated heterocycles. The molecule has 1 N–H and O–H groups in total. The maximum Gasteiger partial charge on any atom is 0.273 e. The number of aryl methyl sites for hydroxylation is 3. The van der Waals surface area contributed by atoms with Gasteiger partial charge in [0.15, 0.2) is 5.69 Å². The summed E-state index contributed by atoms with van der Waals surface area (Å²) in [4.78, 5) is 12.4. The second-order valence-corrected chi connectivity index (χ2v) is 6.76. The van der Waals surface area contributed by atoms with Gasteiger partial charge in [-0.3, -0.25) is 9.48 Å². The van der Waals surface area contributed by atoms with Gasteiger partial charge < -0.3 is 10.1 Å². The highest BCUT2D eigenvalue weighted by atomic mass is 35.5. The summed E-state index contributed by atoms with van der Waals surface area (Å²) >= 11 is 6.23. The predicted molar refractivity (Wildman–Crippen MR) is 98.8 cm³/mol. The fraction of sp³-hybridized carbons (Fsp3) is 0.389. The number of nitrogens with one attached hydrogen (secondary N) is 1. The van der Waals surface area contributed by atoms with Gasteiger partial charge in [-0.25, -0.2) is 4.68 Å². The van der Waals surface area contributed by atoms with Crippen LogP contribution in [0.5, 0.6) is 5.88 Å². The van der Waals surface area contributed by atoms with Gasteiger partial charge in [0, 0.05) is 31.4 Å². The van der Waals surface area contributed by atoms with Crippen LogP contribution in [0.15, 0.2) is 24.4 Å². The first-order chi connectivity index (χ1) is 12.6. The molecule has 2 aromatic heterocycles. The maximum atomic E-state index is 12.4. The van der Waals surface area contributed by atoms with Crippen LogP contribution in [-0.4, -0.2) is 38.6 Å². The Bertz CT molecular complexity index is 962. The van der Waals surface area contributed by atoms with Crippen LogP contribution in [-0.2, 0) is 13.1 Å². The molecule has 136 valence electrons. The van der Waals surface area contributed by atoms with Crippen LogP contribution in [0.4, 0.5) is 0 Å². The van der Waals surface area contributed by atoms with Gasteiger partial charge in [-0.05, 0) is 25.0 Å². The normalized spacial score (nSPS) is 13.5. The fourth-order valence-electron chi connectivity index (χ4n) is 3.18. The summed E-state index contributed by atoms with van der Waals surface area (Å²) in [5.74, 6) is 0.211. The zero-order valence-corrected chi connectivity index (χ0v) is 15.3. The first-order valence-electron chi connectivity index (χ1n) is 8.73. The summed E-state index contributed by atoms with van der Waals surface area (Å²) in [6.07, 6.45) is 3.51. The number of fused-ring (bicyclic) bond motifs is 2.